The molecule has 24 heavy (non-hydrogen) atoms. The highest BCUT2D eigenvalue weighted by atomic mass is 32.1. The lowest BCUT2D eigenvalue weighted by molar-refractivity contribution is -0.116. The number of nitrogens with one attached hydrogen (secondary N) is 1. The van der Waals surface area contributed by atoms with Crippen LogP contribution in [0, 0.1) is 20.8 Å². The van der Waals surface area contributed by atoms with Crippen LogP contribution in [0.4, 0.5) is 5.69 Å². The second-order valence-corrected chi connectivity index (χ2v) is 6.73. The van der Waals surface area contributed by atoms with E-state index in [1.54, 1.807) is 13.1 Å². The number of aryl methyl sites for hydroxylation is 4. The summed E-state index contributed by atoms with van der Waals surface area (Å²) < 4.78 is 1.48. The number of nitrogens with zero attached hydrogens (tertiary/aromatic N) is 4. The summed E-state index contributed by atoms with van der Waals surface area (Å²) >= 11 is 1.51. The van der Waals surface area contributed by atoms with E-state index >= 15 is 0 Å². The summed E-state index contributed by atoms with van der Waals surface area (Å²) in [6, 6.07) is 0. The van der Waals surface area contributed by atoms with E-state index in [1.807, 2.05) is 13.8 Å². The molecule has 0 aromatic carbocycles. The third-order valence-corrected chi connectivity index (χ3v) is 5.04. The van der Waals surface area contributed by atoms with E-state index in [-0.39, 0.29) is 24.4 Å². The molecule has 0 saturated carbocycles. The zero-order chi connectivity index (χ0) is 17.3. The summed E-state index contributed by atoms with van der Waals surface area (Å²) in [5.41, 5.74) is 2.13. The van der Waals surface area contributed by atoms with Gasteiger partial charge in [-0.1, -0.05) is 0 Å². The average Bonchev–Trinajstić information content (AvgIpc) is 2.84. The summed E-state index contributed by atoms with van der Waals surface area (Å²) in [6.07, 6.45) is 4.65. The first-order chi connectivity index (χ1) is 11.5. The molecule has 0 fully saturated rings. The van der Waals surface area contributed by atoms with Gasteiger partial charge in [0.05, 0.1) is 29.3 Å². The molecular weight excluding hydrogens is 326 g/mol. The second kappa shape index (κ2) is 6.48. The maximum absolute atomic E-state index is 12.6. The van der Waals surface area contributed by atoms with Crippen LogP contribution in [0.5, 0.6) is 0 Å². The standard InChI is InChI=1S/C16H17N5O2S/c1-9-11(3)24-15-14(9)16(23)21(8-19-15)5-4-13(22)20-12-6-17-7-18-10(12)2/h6-8H,4-5H2,1-3H3,(H,20,22). The molecule has 0 unspecified atom stereocenters. The zero-order valence-electron chi connectivity index (χ0n) is 13.7. The minimum Gasteiger partial charge on any atom is -0.323 e. The number of amides is 1. The highest BCUT2D eigenvalue weighted by Gasteiger charge is 2.13. The summed E-state index contributed by atoms with van der Waals surface area (Å²) in [5.74, 6) is -0.196. The van der Waals surface area contributed by atoms with Crippen molar-refractivity contribution < 1.29 is 4.79 Å². The molecule has 124 valence electrons. The molecule has 8 heteroatoms. The second-order valence-electron chi connectivity index (χ2n) is 5.53. The maximum Gasteiger partial charge on any atom is 0.262 e. The molecule has 0 bridgehead atoms. The smallest absolute Gasteiger partial charge is 0.262 e. The number of carbonyl (C=O) groups is 1. The molecule has 0 aliphatic heterocycles. The summed E-state index contributed by atoms with van der Waals surface area (Å²) in [5, 5.41) is 3.40. The SMILES string of the molecule is Cc1ncncc1NC(=O)CCn1cnc2sc(C)c(C)c2c1=O. The van der Waals surface area contributed by atoms with E-state index < -0.39 is 0 Å². The van der Waals surface area contributed by atoms with Crippen LogP contribution in [0.2, 0.25) is 0 Å². The van der Waals surface area contributed by atoms with Gasteiger partial charge in [0.1, 0.15) is 11.2 Å². The fourth-order valence-corrected chi connectivity index (χ4v) is 3.36. The molecule has 3 heterocycles. The van der Waals surface area contributed by atoms with Gasteiger partial charge in [-0.05, 0) is 26.3 Å². The van der Waals surface area contributed by atoms with Gasteiger partial charge in [0.25, 0.3) is 5.56 Å². The molecule has 0 spiro atoms. The fourth-order valence-electron chi connectivity index (χ4n) is 2.38. The first-order valence-corrected chi connectivity index (χ1v) is 8.30. The van der Waals surface area contributed by atoms with Crippen molar-refractivity contribution in [1.82, 2.24) is 19.5 Å². The topological polar surface area (TPSA) is 89.8 Å². The van der Waals surface area contributed by atoms with Crippen LogP contribution < -0.4 is 10.9 Å². The van der Waals surface area contributed by atoms with Crippen LogP contribution in [-0.4, -0.2) is 25.4 Å². The molecule has 3 aromatic rings. The van der Waals surface area contributed by atoms with Gasteiger partial charge in [-0.15, -0.1) is 11.3 Å². The van der Waals surface area contributed by atoms with Gasteiger partial charge in [0, 0.05) is 17.8 Å². The lowest BCUT2D eigenvalue weighted by Crippen LogP contribution is -2.23. The molecule has 0 radical (unpaired) electrons. The Bertz CT molecular complexity index is 976. The van der Waals surface area contributed by atoms with E-state index in [9.17, 15) is 9.59 Å². The Morgan fingerprint density at radius 3 is 2.83 bits per heavy atom. The van der Waals surface area contributed by atoms with Crippen molar-refractivity contribution in [2.45, 2.75) is 33.7 Å². The van der Waals surface area contributed by atoms with E-state index in [2.05, 4.69) is 20.3 Å². The number of fused-ring (bicyclic) bond motifs is 1. The van der Waals surface area contributed by atoms with Gasteiger partial charge in [-0.3, -0.25) is 14.2 Å². The average molecular weight is 343 g/mol. The monoisotopic (exact) mass is 343 g/mol. The van der Waals surface area contributed by atoms with Gasteiger partial charge in [-0.2, -0.15) is 0 Å². The number of carbonyl (C=O) groups excluding carboxylic acids is 1. The number of aromatic nitrogens is 4. The van der Waals surface area contributed by atoms with Crippen molar-refractivity contribution in [2.75, 3.05) is 5.32 Å². The van der Waals surface area contributed by atoms with Crippen molar-refractivity contribution >= 4 is 33.1 Å². The predicted octanol–water partition coefficient (Wildman–Crippen LogP) is 2.20. The van der Waals surface area contributed by atoms with E-state index in [0.29, 0.717) is 16.8 Å². The number of rotatable bonds is 4. The van der Waals surface area contributed by atoms with E-state index in [0.717, 1.165) is 15.3 Å². The molecule has 0 aliphatic carbocycles. The van der Waals surface area contributed by atoms with Crippen molar-refractivity contribution in [2.24, 2.45) is 0 Å². The Kier molecular flexibility index (Phi) is 4.39. The van der Waals surface area contributed by atoms with Crippen LogP contribution in [0.1, 0.15) is 22.6 Å². The molecule has 1 N–H and O–H groups in total. The van der Waals surface area contributed by atoms with Gasteiger partial charge in [0.15, 0.2) is 0 Å². The van der Waals surface area contributed by atoms with Crippen LogP contribution in [0.3, 0.4) is 0 Å². The predicted molar refractivity (Wildman–Crippen MR) is 93.4 cm³/mol. The summed E-state index contributed by atoms with van der Waals surface area (Å²) in [7, 11) is 0. The molecule has 0 saturated heterocycles. The van der Waals surface area contributed by atoms with Crippen molar-refractivity contribution in [3.8, 4) is 0 Å². The van der Waals surface area contributed by atoms with Crippen molar-refractivity contribution in [3.05, 3.63) is 45.3 Å². The molecule has 0 atom stereocenters. The summed E-state index contributed by atoms with van der Waals surface area (Å²) in [4.78, 5) is 38.7. The summed E-state index contributed by atoms with van der Waals surface area (Å²) in [6.45, 7) is 5.96. The molecular formula is C16H17N5O2S. The highest BCUT2D eigenvalue weighted by Crippen LogP contribution is 2.25. The lowest BCUT2D eigenvalue weighted by Gasteiger charge is -2.08. The Balaban J connectivity index is 1.75. The molecule has 3 rings (SSSR count). The number of thiophene rings is 1. The normalized spacial score (nSPS) is 11.0. The molecule has 3 aromatic heterocycles. The molecule has 7 nitrogen and oxygen atoms in total. The number of hydrogen-bond donors (Lipinski definition) is 1. The Morgan fingerprint density at radius 2 is 2.08 bits per heavy atom. The largest absolute Gasteiger partial charge is 0.323 e. The van der Waals surface area contributed by atoms with E-state index in [1.165, 1.54) is 28.6 Å². The third-order valence-electron chi connectivity index (χ3n) is 3.92. The van der Waals surface area contributed by atoms with Gasteiger partial charge in [-0.25, -0.2) is 15.0 Å². The van der Waals surface area contributed by atoms with Crippen LogP contribution in [0.25, 0.3) is 10.2 Å². The Hall–Kier alpha value is -2.61. The molecule has 1 amide bonds. The van der Waals surface area contributed by atoms with Crippen molar-refractivity contribution in [3.63, 3.8) is 0 Å². The Labute approximate surface area is 142 Å². The number of anilines is 1. The first kappa shape index (κ1) is 16.3. The van der Waals surface area contributed by atoms with E-state index in [4.69, 9.17) is 0 Å². The zero-order valence-corrected chi connectivity index (χ0v) is 14.5. The highest BCUT2D eigenvalue weighted by molar-refractivity contribution is 7.18. The van der Waals surface area contributed by atoms with Crippen molar-refractivity contribution in [1.29, 1.82) is 0 Å². The van der Waals surface area contributed by atoms with Crippen LogP contribution >= 0.6 is 11.3 Å². The quantitative estimate of drug-likeness (QED) is 0.784. The minimum absolute atomic E-state index is 0.103. The van der Waals surface area contributed by atoms with Gasteiger partial charge >= 0.3 is 0 Å². The third kappa shape index (κ3) is 3.05. The molecule has 0 aliphatic rings. The fraction of sp³-hybridized carbons (Fsp3) is 0.312. The minimum atomic E-state index is -0.196. The van der Waals surface area contributed by atoms with Gasteiger partial charge in [0.2, 0.25) is 5.91 Å². The lowest BCUT2D eigenvalue weighted by atomic mass is 10.2. The first-order valence-electron chi connectivity index (χ1n) is 7.49. The Morgan fingerprint density at radius 1 is 1.29 bits per heavy atom. The van der Waals surface area contributed by atoms with Gasteiger partial charge < -0.3 is 5.32 Å². The number of hydrogen-bond acceptors (Lipinski definition) is 6. The maximum atomic E-state index is 12.6. The van der Waals surface area contributed by atoms with Crippen LogP contribution in [0.15, 0.2) is 23.6 Å². The van der Waals surface area contributed by atoms with Crippen LogP contribution in [-0.2, 0) is 11.3 Å².